The van der Waals surface area contributed by atoms with Crippen LogP contribution < -0.4 is 10.3 Å². The minimum Gasteiger partial charge on any atom is -0.497 e. The molecule has 1 aromatic heterocycles. The molecule has 24 heavy (non-hydrogen) atoms. The topological polar surface area (TPSA) is 51.5 Å². The number of methoxy groups -OCH3 is 1. The van der Waals surface area contributed by atoms with Crippen LogP contribution in [0.3, 0.4) is 0 Å². The number of pyridine rings is 1. The molecular weight excluding hydrogens is 304 g/mol. The highest BCUT2D eigenvalue weighted by Gasteiger charge is 2.22. The van der Waals surface area contributed by atoms with E-state index in [-0.39, 0.29) is 11.5 Å². The summed E-state index contributed by atoms with van der Waals surface area (Å²) >= 11 is 0. The summed E-state index contributed by atoms with van der Waals surface area (Å²) in [5.41, 5.74) is 0.391. The van der Waals surface area contributed by atoms with E-state index in [9.17, 15) is 9.59 Å². The molecule has 5 heteroatoms. The highest BCUT2D eigenvalue weighted by atomic mass is 16.5. The van der Waals surface area contributed by atoms with E-state index in [1.165, 1.54) is 6.42 Å². The first-order valence-electron chi connectivity index (χ1n) is 8.66. The molecule has 1 fully saturated rings. The Labute approximate surface area is 141 Å². The fraction of sp³-hybridized carbons (Fsp3) is 0.474. The molecule has 5 nitrogen and oxygen atoms in total. The second-order valence-electron chi connectivity index (χ2n) is 6.29. The maximum absolute atomic E-state index is 13.0. The predicted octanol–water partition coefficient (Wildman–Crippen LogP) is 3.05. The van der Waals surface area contributed by atoms with Gasteiger partial charge >= 0.3 is 0 Å². The third kappa shape index (κ3) is 3.03. The van der Waals surface area contributed by atoms with E-state index in [1.54, 1.807) is 23.8 Å². The van der Waals surface area contributed by atoms with E-state index in [2.05, 4.69) is 0 Å². The Morgan fingerprint density at radius 3 is 2.58 bits per heavy atom. The SMILES string of the molecule is CCCn1c(C(=O)N2CCCCC2)cc2cc(OC)ccc2c1=O. The van der Waals surface area contributed by atoms with Gasteiger partial charge in [0.15, 0.2) is 0 Å². The smallest absolute Gasteiger partial charge is 0.270 e. The number of likely N-dealkylation sites (tertiary alicyclic amines) is 1. The quantitative estimate of drug-likeness (QED) is 0.867. The lowest BCUT2D eigenvalue weighted by atomic mass is 10.1. The molecule has 2 heterocycles. The zero-order valence-corrected chi connectivity index (χ0v) is 14.4. The number of aromatic nitrogens is 1. The molecule has 0 atom stereocenters. The highest BCUT2D eigenvalue weighted by molar-refractivity contribution is 5.97. The summed E-state index contributed by atoms with van der Waals surface area (Å²) in [6.07, 6.45) is 4.04. The van der Waals surface area contributed by atoms with Crippen LogP contribution in [0.15, 0.2) is 29.1 Å². The summed E-state index contributed by atoms with van der Waals surface area (Å²) in [5, 5.41) is 1.38. The average Bonchev–Trinajstić information content (AvgIpc) is 2.63. The molecule has 0 unspecified atom stereocenters. The minimum absolute atomic E-state index is 0.0371. The van der Waals surface area contributed by atoms with Gasteiger partial charge in [-0.2, -0.15) is 0 Å². The summed E-state index contributed by atoms with van der Waals surface area (Å²) in [5.74, 6) is 0.650. The zero-order valence-electron chi connectivity index (χ0n) is 14.4. The summed E-state index contributed by atoms with van der Waals surface area (Å²) in [6, 6.07) is 7.22. The van der Waals surface area contributed by atoms with Gasteiger partial charge in [0.25, 0.3) is 11.5 Å². The van der Waals surface area contributed by atoms with Crippen molar-refractivity contribution in [1.29, 1.82) is 0 Å². The first-order chi connectivity index (χ1) is 11.7. The monoisotopic (exact) mass is 328 g/mol. The number of benzene rings is 1. The lowest BCUT2D eigenvalue weighted by Crippen LogP contribution is -2.39. The lowest BCUT2D eigenvalue weighted by molar-refractivity contribution is 0.0712. The van der Waals surface area contributed by atoms with E-state index < -0.39 is 0 Å². The lowest BCUT2D eigenvalue weighted by Gasteiger charge is -2.28. The van der Waals surface area contributed by atoms with Crippen LogP contribution in [0.1, 0.15) is 43.1 Å². The molecular formula is C19H24N2O3. The summed E-state index contributed by atoms with van der Waals surface area (Å²) < 4.78 is 6.88. The van der Waals surface area contributed by atoms with E-state index in [0.717, 1.165) is 37.7 Å². The molecule has 1 saturated heterocycles. The highest BCUT2D eigenvalue weighted by Crippen LogP contribution is 2.21. The number of piperidine rings is 1. The van der Waals surface area contributed by atoms with Gasteiger partial charge in [0.2, 0.25) is 0 Å². The molecule has 0 bridgehead atoms. The van der Waals surface area contributed by atoms with E-state index in [0.29, 0.717) is 23.4 Å². The van der Waals surface area contributed by atoms with Gasteiger partial charge in [-0.15, -0.1) is 0 Å². The number of ether oxygens (including phenoxy) is 1. The van der Waals surface area contributed by atoms with Gasteiger partial charge < -0.3 is 14.2 Å². The van der Waals surface area contributed by atoms with Crippen molar-refractivity contribution in [3.63, 3.8) is 0 Å². The van der Waals surface area contributed by atoms with Crippen LogP contribution in [0, 0.1) is 0 Å². The Morgan fingerprint density at radius 2 is 1.92 bits per heavy atom. The number of rotatable bonds is 4. The van der Waals surface area contributed by atoms with Crippen LogP contribution in [0.2, 0.25) is 0 Å². The molecule has 1 amide bonds. The number of carbonyl (C=O) groups excluding carboxylic acids is 1. The number of hydrogen-bond acceptors (Lipinski definition) is 3. The van der Waals surface area contributed by atoms with E-state index in [1.807, 2.05) is 24.0 Å². The molecule has 0 N–H and O–H groups in total. The molecule has 0 radical (unpaired) electrons. The summed E-state index contributed by atoms with van der Waals surface area (Å²) in [4.78, 5) is 27.7. The number of carbonyl (C=O) groups is 1. The Bertz CT molecular complexity index is 804. The van der Waals surface area contributed by atoms with Gasteiger partial charge in [-0.1, -0.05) is 6.92 Å². The van der Waals surface area contributed by atoms with Crippen molar-refractivity contribution in [2.75, 3.05) is 20.2 Å². The van der Waals surface area contributed by atoms with E-state index >= 15 is 0 Å². The fourth-order valence-corrected chi connectivity index (χ4v) is 3.34. The van der Waals surface area contributed by atoms with Gasteiger partial charge in [0.1, 0.15) is 11.4 Å². The third-order valence-corrected chi connectivity index (χ3v) is 4.63. The average molecular weight is 328 g/mol. The predicted molar refractivity (Wildman–Crippen MR) is 94.8 cm³/mol. The van der Waals surface area contributed by atoms with Gasteiger partial charge in [0.05, 0.1) is 7.11 Å². The van der Waals surface area contributed by atoms with Gasteiger partial charge in [-0.25, -0.2) is 0 Å². The summed E-state index contributed by atoms with van der Waals surface area (Å²) in [7, 11) is 1.60. The van der Waals surface area contributed by atoms with Crippen LogP contribution in [0.25, 0.3) is 10.8 Å². The van der Waals surface area contributed by atoms with Crippen molar-refractivity contribution in [1.82, 2.24) is 9.47 Å². The molecule has 3 rings (SSSR count). The summed E-state index contributed by atoms with van der Waals surface area (Å²) in [6.45, 7) is 4.11. The van der Waals surface area contributed by atoms with Crippen molar-refractivity contribution < 1.29 is 9.53 Å². The fourth-order valence-electron chi connectivity index (χ4n) is 3.34. The normalized spacial score (nSPS) is 14.8. The first kappa shape index (κ1) is 16.6. The second-order valence-corrected chi connectivity index (χ2v) is 6.29. The Kier molecular flexibility index (Phi) is 4.88. The minimum atomic E-state index is -0.0997. The maximum atomic E-state index is 13.0. The number of fused-ring (bicyclic) bond motifs is 1. The molecule has 1 aliphatic rings. The van der Waals surface area contributed by atoms with Crippen LogP contribution in [-0.4, -0.2) is 35.6 Å². The van der Waals surface area contributed by atoms with Crippen LogP contribution in [0.4, 0.5) is 0 Å². The molecule has 0 saturated carbocycles. The van der Waals surface area contributed by atoms with Crippen molar-refractivity contribution in [2.24, 2.45) is 0 Å². The van der Waals surface area contributed by atoms with Crippen molar-refractivity contribution in [2.45, 2.75) is 39.2 Å². The Balaban J connectivity index is 2.14. The first-order valence-corrected chi connectivity index (χ1v) is 8.66. The molecule has 0 aliphatic carbocycles. The number of amides is 1. The standard InChI is InChI=1S/C19H24N2O3/c1-3-9-21-17(19(23)20-10-5-4-6-11-20)13-14-12-15(24-2)7-8-16(14)18(21)22/h7-8,12-13H,3-6,9-11H2,1-2H3. The zero-order chi connectivity index (χ0) is 17.1. The van der Waals surface area contributed by atoms with Gasteiger partial charge in [-0.3, -0.25) is 9.59 Å². The van der Waals surface area contributed by atoms with Crippen molar-refractivity contribution in [3.8, 4) is 5.75 Å². The van der Waals surface area contributed by atoms with E-state index in [4.69, 9.17) is 4.74 Å². The largest absolute Gasteiger partial charge is 0.497 e. The number of nitrogens with zero attached hydrogens (tertiary/aromatic N) is 2. The molecule has 1 aliphatic heterocycles. The molecule has 1 aromatic carbocycles. The Hall–Kier alpha value is -2.30. The van der Waals surface area contributed by atoms with Crippen LogP contribution in [0.5, 0.6) is 5.75 Å². The van der Waals surface area contributed by atoms with Crippen molar-refractivity contribution in [3.05, 3.63) is 40.3 Å². The van der Waals surface area contributed by atoms with Gasteiger partial charge in [0, 0.05) is 25.0 Å². The van der Waals surface area contributed by atoms with Crippen molar-refractivity contribution >= 4 is 16.7 Å². The Morgan fingerprint density at radius 1 is 1.17 bits per heavy atom. The maximum Gasteiger partial charge on any atom is 0.270 e. The molecule has 128 valence electrons. The molecule has 0 spiro atoms. The third-order valence-electron chi connectivity index (χ3n) is 4.63. The number of hydrogen-bond donors (Lipinski definition) is 0. The second kappa shape index (κ2) is 7.07. The van der Waals surface area contributed by atoms with Crippen LogP contribution in [-0.2, 0) is 6.54 Å². The van der Waals surface area contributed by atoms with Gasteiger partial charge in [-0.05, 0) is 55.3 Å². The van der Waals surface area contributed by atoms with Crippen LogP contribution >= 0.6 is 0 Å². The molecule has 2 aromatic rings.